The lowest BCUT2D eigenvalue weighted by Gasteiger charge is -2.06. The molecule has 2 rings (SSSR count). The Labute approximate surface area is 110 Å². The van der Waals surface area contributed by atoms with Crippen LogP contribution in [0.4, 0.5) is 0 Å². The molecule has 1 aromatic rings. The fourth-order valence-corrected chi connectivity index (χ4v) is 2.28. The van der Waals surface area contributed by atoms with Crippen molar-refractivity contribution in [2.24, 2.45) is 5.10 Å². The number of ether oxygens (including phenoxy) is 1. The predicted octanol–water partition coefficient (Wildman–Crippen LogP) is 1.77. The summed E-state index contributed by atoms with van der Waals surface area (Å²) in [6.45, 7) is 2.06. The van der Waals surface area contributed by atoms with Gasteiger partial charge in [0.15, 0.2) is 5.17 Å². The SMILES string of the molecule is CCC1NN=C(NC(=O)c2cccc(OC)c2)S1. The molecule has 6 heteroatoms. The molecule has 1 heterocycles. The Bertz CT molecular complexity index is 476. The highest BCUT2D eigenvalue weighted by molar-refractivity contribution is 8.14. The van der Waals surface area contributed by atoms with Crippen molar-refractivity contribution in [2.75, 3.05) is 7.11 Å². The lowest BCUT2D eigenvalue weighted by Crippen LogP contribution is -2.27. The molecule has 1 amide bonds. The third kappa shape index (κ3) is 2.95. The number of rotatable bonds is 3. The van der Waals surface area contributed by atoms with Crippen LogP contribution in [0.15, 0.2) is 29.4 Å². The molecule has 1 aliphatic heterocycles. The van der Waals surface area contributed by atoms with Gasteiger partial charge >= 0.3 is 0 Å². The fraction of sp³-hybridized carbons (Fsp3) is 0.333. The third-order valence-electron chi connectivity index (χ3n) is 2.49. The molecule has 1 atom stereocenters. The number of amidine groups is 1. The number of hydrogen-bond donors (Lipinski definition) is 2. The quantitative estimate of drug-likeness (QED) is 0.874. The summed E-state index contributed by atoms with van der Waals surface area (Å²) < 4.78 is 5.08. The van der Waals surface area contributed by atoms with Crippen molar-refractivity contribution in [1.29, 1.82) is 0 Å². The third-order valence-corrected chi connectivity index (χ3v) is 3.63. The van der Waals surface area contributed by atoms with Gasteiger partial charge in [0.1, 0.15) is 5.75 Å². The van der Waals surface area contributed by atoms with Gasteiger partial charge < -0.3 is 4.74 Å². The van der Waals surface area contributed by atoms with Gasteiger partial charge in [0.2, 0.25) is 0 Å². The summed E-state index contributed by atoms with van der Waals surface area (Å²) in [6, 6.07) is 7.01. The van der Waals surface area contributed by atoms with E-state index < -0.39 is 0 Å². The summed E-state index contributed by atoms with van der Waals surface area (Å²) in [6.07, 6.45) is 0.951. The average Bonchev–Trinajstić information content (AvgIpc) is 2.86. The van der Waals surface area contributed by atoms with E-state index in [1.807, 2.05) is 0 Å². The minimum absolute atomic E-state index is 0.182. The molecule has 1 aliphatic rings. The average molecular weight is 265 g/mol. The van der Waals surface area contributed by atoms with Crippen molar-refractivity contribution in [3.05, 3.63) is 29.8 Å². The van der Waals surface area contributed by atoms with E-state index in [0.29, 0.717) is 16.5 Å². The van der Waals surface area contributed by atoms with Crippen molar-refractivity contribution >= 4 is 22.8 Å². The largest absolute Gasteiger partial charge is 0.497 e. The Morgan fingerprint density at radius 3 is 3.11 bits per heavy atom. The number of hydrogen-bond acceptors (Lipinski definition) is 5. The van der Waals surface area contributed by atoms with Gasteiger partial charge in [-0.2, -0.15) is 5.10 Å². The Hall–Kier alpha value is -1.69. The zero-order valence-electron chi connectivity index (χ0n) is 10.3. The van der Waals surface area contributed by atoms with Crippen molar-refractivity contribution in [1.82, 2.24) is 10.7 Å². The minimum atomic E-state index is -0.182. The monoisotopic (exact) mass is 265 g/mol. The highest BCUT2D eigenvalue weighted by atomic mass is 32.2. The van der Waals surface area contributed by atoms with Crippen LogP contribution in [0.25, 0.3) is 0 Å². The Balaban J connectivity index is 2.00. The maximum absolute atomic E-state index is 12.0. The predicted molar refractivity (Wildman–Crippen MR) is 72.7 cm³/mol. The normalized spacial score (nSPS) is 17.9. The highest BCUT2D eigenvalue weighted by Gasteiger charge is 2.19. The van der Waals surface area contributed by atoms with Crippen LogP contribution in [0.3, 0.4) is 0 Å². The Morgan fingerprint density at radius 2 is 2.44 bits per heavy atom. The molecule has 1 aromatic carbocycles. The van der Waals surface area contributed by atoms with Gasteiger partial charge in [-0.25, -0.2) is 0 Å². The molecule has 0 radical (unpaired) electrons. The topological polar surface area (TPSA) is 62.7 Å². The van der Waals surface area contributed by atoms with Crippen LogP contribution in [0.5, 0.6) is 5.75 Å². The van der Waals surface area contributed by atoms with Crippen LogP contribution in [-0.2, 0) is 0 Å². The number of nitrogens with zero attached hydrogens (tertiary/aromatic N) is 1. The molecule has 0 aromatic heterocycles. The molecule has 0 aliphatic carbocycles. The number of methoxy groups -OCH3 is 1. The molecule has 0 saturated carbocycles. The Morgan fingerprint density at radius 1 is 1.61 bits per heavy atom. The van der Waals surface area contributed by atoms with Gasteiger partial charge in [-0.3, -0.25) is 15.5 Å². The lowest BCUT2D eigenvalue weighted by molar-refractivity contribution is 0.0977. The molecule has 0 spiro atoms. The van der Waals surface area contributed by atoms with Gasteiger partial charge in [-0.15, -0.1) is 0 Å². The maximum atomic E-state index is 12.0. The minimum Gasteiger partial charge on any atom is -0.497 e. The zero-order valence-corrected chi connectivity index (χ0v) is 11.1. The van der Waals surface area contributed by atoms with E-state index in [-0.39, 0.29) is 11.3 Å². The zero-order chi connectivity index (χ0) is 13.0. The molecule has 2 N–H and O–H groups in total. The molecule has 5 nitrogen and oxygen atoms in total. The van der Waals surface area contributed by atoms with Crippen LogP contribution in [-0.4, -0.2) is 23.6 Å². The standard InChI is InChI=1S/C12H15N3O2S/c1-3-10-14-15-12(18-10)13-11(16)8-5-4-6-9(7-8)17-2/h4-7,10,14H,3H2,1-2H3,(H,13,15,16). The number of carbonyl (C=O) groups is 1. The molecule has 96 valence electrons. The second-order valence-corrected chi connectivity index (χ2v) is 4.94. The van der Waals surface area contributed by atoms with Gasteiger partial charge in [-0.05, 0) is 24.6 Å². The first kappa shape index (κ1) is 12.8. The number of carbonyl (C=O) groups excluding carboxylic acids is 1. The smallest absolute Gasteiger partial charge is 0.257 e. The molecular weight excluding hydrogens is 250 g/mol. The summed E-state index contributed by atoms with van der Waals surface area (Å²) in [5.41, 5.74) is 3.50. The summed E-state index contributed by atoms with van der Waals surface area (Å²) in [5.74, 6) is 0.479. The van der Waals surface area contributed by atoms with E-state index in [0.717, 1.165) is 6.42 Å². The highest BCUT2D eigenvalue weighted by Crippen LogP contribution is 2.18. The lowest BCUT2D eigenvalue weighted by atomic mass is 10.2. The van der Waals surface area contributed by atoms with Crippen molar-refractivity contribution in [3.8, 4) is 5.75 Å². The fourth-order valence-electron chi connectivity index (χ4n) is 1.48. The van der Waals surface area contributed by atoms with Crippen molar-refractivity contribution in [3.63, 3.8) is 0 Å². The van der Waals surface area contributed by atoms with E-state index in [2.05, 4.69) is 22.8 Å². The van der Waals surface area contributed by atoms with Gasteiger partial charge in [0, 0.05) is 5.56 Å². The summed E-state index contributed by atoms with van der Waals surface area (Å²) >= 11 is 1.52. The van der Waals surface area contributed by atoms with Crippen LogP contribution in [0.2, 0.25) is 0 Å². The van der Waals surface area contributed by atoms with E-state index >= 15 is 0 Å². The molecule has 1 unspecified atom stereocenters. The first-order valence-corrected chi connectivity index (χ1v) is 6.56. The first-order chi connectivity index (χ1) is 8.72. The number of nitrogens with one attached hydrogen (secondary N) is 2. The first-order valence-electron chi connectivity index (χ1n) is 5.68. The van der Waals surface area contributed by atoms with E-state index in [9.17, 15) is 4.79 Å². The van der Waals surface area contributed by atoms with Crippen molar-refractivity contribution in [2.45, 2.75) is 18.7 Å². The second kappa shape index (κ2) is 5.77. The van der Waals surface area contributed by atoms with E-state index in [1.165, 1.54) is 11.8 Å². The molecule has 18 heavy (non-hydrogen) atoms. The van der Waals surface area contributed by atoms with Gasteiger partial charge in [0.25, 0.3) is 5.91 Å². The Kier molecular flexibility index (Phi) is 4.09. The van der Waals surface area contributed by atoms with Crippen LogP contribution in [0.1, 0.15) is 23.7 Å². The molecule has 0 fully saturated rings. The maximum Gasteiger partial charge on any atom is 0.257 e. The van der Waals surface area contributed by atoms with Crippen molar-refractivity contribution < 1.29 is 9.53 Å². The van der Waals surface area contributed by atoms with Crippen LogP contribution in [0, 0.1) is 0 Å². The second-order valence-electron chi connectivity index (χ2n) is 3.75. The number of hydrazone groups is 1. The molecular formula is C12H15N3O2S. The summed E-state index contributed by atoms with van der Waals surface area (Å²) in [4.78, 5) is 12.0. The number of thioether (sulfide) groups is 1. The van der Waals surface area contributed by atoms with Gasteiger partial charge in [0.05, 0.1) is 12.5 Å². The summed E-state index contributed by atoms with van der Waals surface area (Å²) in [5, 5.41) is 7.68. The van der Waals surface area contributed by atoms with E-state index in [1.54, 1.807) is 31.4 Å². The molecule has 0 saturated heterocycles. The van der Waals surface area contributed by atoms with Gasteiger partial charge in [-0.1, -0.05) is 24.8 Å². The summed E-state index contributed by atoms with van der Waals surface area (Å²) in [7, 11) is 1.57. The van der Waals surface area contributed by atoms with E-state index in [4.69, 9.17) is 4.74 Å². The van der Waals surface area contributed by atoms with Crippen LogP contribution < -0.4 is 15.5 Å². The van der Waals surface area contributed by atoms with Crippen LogP contribution >= 0.6 is 11.8 Å². The number of benzene rings is 1. The number of amides is 1. The molecule has 0 bridgehead atoms.